The molecule has 3 atom stereocenters. The first-order chi connectivity index (χ1) is 12.7. The van der Waals surface area contributed by atoms with Gasteiger partial charge in [-0.05, 0) is 36.5 Å². The molecule has 2 heterocycles. The van der Waals surface area contributed by atoms with Crippen molar-refractivity contribution in [1.29, 1.82) is 0 Å². The Morgan fingerprint density at radius 3 is 2.77 bits per heavy atom. The normalized spacial score (nSPS) is 26.8. The van der Waals surface area contributed by atoms with Crippen LogP contribution in [0.3, 0.4) is 0 Å². The molecule has 1 aliphatic carbocycles. The van der Waals surface area contributed by atoms with Gasteiger partial charge in [0, 0.05) is 35.7 Å². The van der Waals surface area contributed by atoms with Gasteiger partial charge in [0.25, 0.3) is 0 Å². The largest absolute Gasteiger partial charge is 0.388 e. The number of fused-ring (bicyclic) bond motifs is 1. The van der Waals surface area contributed by atoms with E-state index in [-0.39, 0.29) is 11.2 Å². The lowest BCUT2D eigenvalue weighted by Gasteiger charge is -2.20. The summed E-state index contributed by atoms with van der Waals surface area (Å²) in [7, 11) is 0. The first kappa shape index (κ1) is 17.2. The summed E-state index contributed by atoms with van der Waals surface area (Å²) in [5, 5.41) is 5.98. The van der Waals surface area contributed by atoms with E-state index in [0.29, 0.717) is 11.8 Å². The Hall–Kier alpha value is -2.20. The molecule has 1 saturated heterocycles. The van der Waals surface area contributed by atoms with E-state index in [2.05, 4.69) is 46.5 Å². The lowest BCUT2D eigenvalue weighted by atomic mass is 9.95. The Kier molecular flexibility index (Phi) is 4.77. The molecular formula is C22H27FN3+. The van der Waals surface area contributed by atoms with Crippen molar-refractivity contribution in [2.75, 3.05) is 19.6 Å². The highest BCUT2D eigenvalue weighted by Gasteiger charge is 2.67. The average Bonchev–Trinajstić information content (AvgIpc) is 3.35. The van der Waals surface area contributed by atoms with Gasteiger partial charge in [-0.15, -0.1) is 0 Å². The zero-order valence-electron chi connectivity index (χ0n) is 15.1. The fourth-order valence-electron chi connectivity index (χ4n) is 4.72. The quantitative estimate of drug-likeness (QED) is 0.803. The highest BCUT2D eigenvalue weighted by molar-refractivity contribution is 5.33. The monoisotopic (exact) mass is 352 g/mol. The van der Waals surface area contributed by atoms with Crippen LogP contribution in [-0.2, 0) is 11.8 Å². The van der Waals surface area contributed by atoms with Crippen LogP contribution in [0.1, 0.15) is 24.1 Å². The second-order valence-corrected chi connectivity index (χ2v) is 7.66. The van der Waals surface area contributed by atoms with Crippen molar-refractivity contribution in [3.8, 4) is 0 Å². The fourth-order valence-corrected chi connectivity index (χ4v) is 4.72. The maximum absolute atomic E-state index is 13.3. The van der Waals surface area contributed by atoms with E-state index in [1.807, 2.05) is 12.1 Å². The Labute approximate surface area is 154 Å². The number of nitrogens with zero attached hydrogens (tertiary/aromatic N) is 1. The Bertz CT molecular complexity index is 745. The summed E-state index contributed by atoms with van der Waals surface area (Å²) in [5.41, 5.74) is 3.48. The Balaban J connectivity index is 1.41. The third-order valence-corrected chi connectivity index (χ3v) is 6.20. The molecule has 0 bridgehead atoms. The molecule has 2 aliphatic rings. The molecule has 0 radical (unpaired) electrons. The second-order valence-electron chi connectivity index (χ2n) is 7.66. The third kappa shape index (κ3) is 3.26. The molecule has 1 aliphatic heterocycles. The minimum atomic E-state index is -0.265. The van der Waals surface area contributed by atoms with Gasteiger partial charge in [-0.1, -0.05) is 36.9 Å². The summed E-state index contributed by atoms with van der Waals surface area (Å²) in [5.74, 6) is 1.02. The number of quaternary nitrogens is 1. The first-order valence-electron chi connectivity index (χ1n) is 9.59. The molecule has 0 spiro atoms. The zero-order valence-corrected chi connectivity index (χ0v) is 15.1. The third-order valence-electron chi connectivity index (χ3n) is 6.20. The van der Waals surface area contributed by atoms with E-state index < -0.39 is 0 Å². The first-order valence-corrected chi connectivity index (χ1v) is 9.59. The number of hydrogen-bond donors (Lipinski definition) is 2. The smallest absolute Gasteiger partial charge is 0.141 e. The predicted octanol–water partition coefficient (Wildman–Crippen LogP) is 2.41. The van der Waals surface area contributed by atoms with Crippen LogP contribution >= 0.6 is 0 Å². The van der Waals surface area contributed by atoms with Crippen molar-refractivity contribution in [1.82, 2.24) is 10.3 Å². The van der Waals surface area contributed by atoms with Gasteiger partial charge in [0.05, 0.1) is 19.3 Å². The number of pyridine rings is 1. The van der Waals surface area contributed by atoms with Gasteiger partial charge >= 0.3 is 0 Å². The van der Waals surface area contributed by atoms with E-state index >= 15 is 0 Å². The molecule has 4 rings (SSSR count). The molecule has 1 saturated carbocycles. The van der Waals surface area contributed by atoms with Gasteiger partial charge in [-0.3, -0.25) is 4.98 Å². The highest BCUT2D eigenvalue weighted by Crippen LogP contribution is 2.60. The van der Waals surface area contributed by atoms with Crippen LogP contribution in [-0.4, -0.2) is 24.6 Å². The number of halogens is 1. The summed E-state index contributed by atoms with van der Waals surface area (Å²) in [6.45, 7) is 7.40. The summed E-state index contributed by atoms with van der Waals surface area (Å²) < 4.78 is 13.3. The van der Waals surface area contributed by atoms with Crippen molar-refractivity contribution in [3.63, 3.8) is 0 Å². The van der Waals surface area contributed by atoms with E-state index in [1.54, 1.807) is 6.07 Å². The molecule has 26 heavy (non-hydrogen) atoms. The van der Waals surface area contributed by atoms with Crippen molar-refractivity contribution < 1.29 is 9.71 Å². The van der Waals surface area contributed by atoms with Gasteiger partial charge in [-0.2, -0.15) is 0 Å². The lowest BCUT2D eigenvalue weighted by molar-refractivity contribution is -0.664. The van der Waals surface area contributed by atoms with E-state index in [9.17, 15) is 4.39 Å². The minimum absolute atomic E-state index is 0.0381. The van der Waals surface area contributed by atoms with Crippen molar-refractivity contribution in [3.05, 3.63) is 78.0 Å². The number of nitrogens with one attached hydrogen (secondary N) is 1. The summed E-state index contributed by atoms with van der Waals surface area (Å²) in [6.07, 6.45) is 4.49. The van der Waals surface area contributed by atoms with Gasteiger partial charge in [-0.25, -0.2) is 4.39 Å². The number of piperidine rings is 1. The second kappa shape index (κ2) is 7.20. The van der Waals surface area contributed by atoms with Crippen LogP contribution in [0.4, 0.5) is 4.39 Å². The zero-order chi connectivity index (χ0) is 18.0. The topological polar surface area (TPSA) is 41.5 Å². The predicted molar refractivity (Wildman–Crippen MR) is 101 cm³/mol. The van der Waals surface area contributed by atoms with Crippen LogP contribution < -0.4 is 10.6 Å². The number of rotatable bonds is 7. The number of benzene rings is 1. The van der Waals surface area contributed by atoms with Crippen molar-refractivity contribution in [2.45, 2.75) is 24.7 Å². The van der Waals surface area contributed by atoms with Gasteiger partial charge in [0.2, 0.25) is 0 Å². The molecule has 3 nitrogen and oxygen atoms in total. The van der Waals surface area contributed by atoms with Gasteiger partial charge in [0.1, 0.15) is 5.82 Å². The van der Waals surface area contributed by atoms with Gasteiger partial charge < -0.3 is 10.6 Å². The maximum Gasteiger partial charge on any atom is 0.141 e. The molecule has 3 N–H and O–H groups in total. The number of nitrogens with two attached hydrogens (primary N) is 1. The molecular weight excluding hydrogens is 325 g/mol. The standard InChI is InChI=1S/C22H26FN3/c1-16(7-8-17-5-3-2-4-6-17)26-15-22(19-11-12-24-14-20(19)22)21-10-9-18(23)13-25-21/h2-6,9-10,13,19-20,24,26H,1,7-8,11-12,14-15H2/p+1. The van der Waals surface area contributed by atoms with Gasteiger partial charge in [0.15, 0.2) is 0 Å². The molecule has 2 fully saturated rings. The Morgan fingerprint density at radius 1 is 1.23 bits per heavy atom. The molecule has 2 aromatic rings. The molecule has 0 amide bonds. The average molecular weight is 352 g/mol. The van der Waals surface area contributed by atoms with Crippen molar-refractivity contribution >= 4 is 0 Å². The highest BCUT2D eigenvalue weighted by atomic mass is 19.1. The van der Waals surface area contributed by atoms with E-state index in [0.717, 1.165) is 37.3 Å². The van der Waals surface area contributed by atoms with E-state index in [4.69, 9.17) is 0 Å². The van der Waals surface area contributed by atoms with Crippen LogP contribution in [0.15, 0.2) is 60.9 Å². The number of allylic oxidation sites excluding steroid dienone is 1. The SMILES string of the molecule is C=C(CCc1ccccc1)NCC1(c2ccc(F)cn2)C2CC[NH2+]CC21. The van der Waals surface area contributed by atoms with E-state index in [1.165, 1.54) is 24.7 Å². The summed E-state index contributed by atoms with van der Waals surface area (Å²) >= 11 is 0. The summed E-state index contributed by atoms with van der Waals surface area (Å²) in [4.78, 5) is 4.45. The van der Waals surface area contributed by atoms with Crippen LogP contribution in [0.2, 0.25) is 0 Å². The molecule has 1 aromatic carbocycles. The van der Waals surface area contributed by atoms with Crippen molar-refractivity contribution in [2.24, 2.45) is 11.8 Å². The molecule has 136 valence electrons. The molecule has 1 aromatic heterocycles. The molecule has 3 unspecified atom stereocenters. The maximum atomic E-state index is 13.3. The number of aromatic nitrogens is 1. The Morgan fingerprint density at radius 2 is 2.08 bits per heavy atom. The van der Waals surface area contributed by atoms with Crippen LogP contribution in [0.25, 0.3) is 0 Å². The number of aryl methyl sites for hydroxylation is 1. The number of hydrogen-bond acceptors (Lipinski definition) is 2. The van der Waals surface area contributed by atoms with Crippen LogP contribution in [0, 0.1) is 17.7 Å². The minimum Gasteiger partial charge on any atom is -0.388 e. The fraction of sp³-hybridized carbons (Fsp3) is 0.409. The lowest BCUT2D eigenvalue weighted by Crippen LogP contribution is -2.86. The summed E-state index contributed by atoms with van der Waals surface area (Å²) in [6, 6.07) is 13.9. The molecule has 4 heteroatoms. The van der Waals surface area contributed by atoms with Crippen LogP contribution in [0.5, 0.6) is 0 Å².